The molecule has 0 bridgehead atoms. The van der Waals surface area contributed by atoms with Crippen LogP contribution in [-0.2, 0) is 0 Å². The molecule has 0 aromatic carbocycles. The first-order valence-corrected chi connectivity index (χ1v) is 4.50. The second-order valence-electron chi connectivity index (χ2n) is 2.85. The minimum absolute atomic E-state index is 0.0211. The van der Waals surface area contributed by atoms with Crippen LogP contribution in [-0.4, -0.2) is 11.7 Å². The van der Waals surface area contributed by atoms with Crippen LogP contribution in [0.15, 0.2) is 48.6 Å². The fraction of sp³-hybridized carbons (Fsp3) is 0.333. The van der Waals surface area contributed by atoms with Crippen molar-refractivity contribution in [2.24, 2.45) is 0 Å². The van der Waals surface area contributed by atoms with E-state index in [1.54, 1.807) is 0 Å². The minimum Gasteiger partial charge on any atom is -0.392 e. The van der Waals surface area contributed by atoms with Crippen LogP contribution < -0.4 is 0 Å². The first-order chi connectivity index (χ1) is 6.24. The van der Waals surface area contributed by atoms with Gasteiger partial charge in [-0.2, -0.15) is 0 Å². The van der Waals surface area contributed by atoms with E-state index in [2.05, 4.69) is 20.1 Å². The second kappa shape index (κ2) is 7.56. The summed E-state index contributed by atoms with van der Waals surface area (Å²) in [5.41, 5.74) is 2.06. The predicted molar refractivity (Wildman–Crippen MR) is 58.6 cm³/mol. The molecule has 0 aromatic heterocycles. The molecule has 0 atom stereocenters. The monoisotopic (exact) mass is 178 g/mol. The number of hydrogen-bond donors (Lipinski definition) is 1. The zero-order chi connectivity index (χ0) is 10.1. The van der Waals surface area contributed by atoms with Crippen LogP contribution in [0.2, 0.25) is 0 Å². The molecule has 72 valence electrons. The summed E-state index contributed by atoms with van der Waals surface area (Å²) in [6.07, 6.45) is 9.63. The zero-order valence-corrected chi connectivity index (χ0v) is 8.29. The molecule has 0 unspecified atom stereocenters. The van der Waals surface area contributed by atoms with Crippen molar-refractivity contribution in [2.75, 3.05) is 6.61 Å². The lowest BCUT2D eigenvalue weighted by Crippen LogP contribution is -1.81. The number of aliphatic hydroxyl groups excluding tert-OH is 1. The largest absolute Gasteiger partial charge is 0.392 e. The quantitative estimate of drug-likeness (QED) is 0.489. The van der Waals surface area contributed by atoms with Gasteiger partial charge in [-0.15, -0.1) is 6.58 Å². The molecule has 1 nitrogen and oxygen atoms in total. The van der Waals surface area contributed by atoms with E-state index >= 15 is 0 Å². The Labute approximate surface area is 80.8 Å². The maximum atomic E-state index is 8.67. The summed E-state index contributed by atoms with van der Waals surface area (Å²) < 4.78 is 0. The van der Waals surface area contributed by atoms with Crippen molar-refractivity contribution in [1.29, 1.82) is 0 Å². The first kappa shape index (κ1) is 11.9. The Balaban J connectivity index is 4.11. The highest BCUT2D eigenvalue weighted by molar-refractivity contribution is 5.22. The summed E-state index contributed by atoms with van der Waals surface area (Å²) in [7, 11) is 0. The highest BCUT2D eigenvalue weighted by Gasteiger charge is 1.87. The second-order valence-corrected chi connectivity index (χ2v) is 2.85. The summed E-state index contributed by atoms with van der Waals surface area (Å²) in [5.74, 6) is 0. The maximum absolute atomic E-state index is 8.67. The van der Waals surface area contributed by atoms with Gasteiger partial charge in [0, 0.05) is 0 Å². The number of allylic oxidation sites excluding steroid dienone is 4. The van der Waals surface area contributed by atoms with E-state index in [1.807, 2.05) is 24.3 Å². The lowest BCUT2D eigenvalue weighted by molar-refractivity contribution is 0.335. The fourth-order valence-electron chi connectivity index (χ4n) is 0.889. The van der Waals surface area contributed by atoms with Crippen molar-refractivity contribution in [3.8, 4) is 0 Å². The van der Waals surface area contributed by atoms with E-state index in [4.69, 9.17) is 5.11 Å². The molecule has 0 aromatic rings. The minimum atomic E-state index is 0.0211. The molecule has 0 amide bonds. The molecule has 0 saturated heterocycles. The molecule has 0 aliphatic rings. The van der Waals surface area contributed by atoms with Crippen LogP contribution in [0, 0.1) is 0 Å². The molecule has 0 spiro atoms. The number of aliphatic hydroxyl groups is 1. The Kier molecular flexibility index (Phi) is 6.93. The average Bonchev–Trinajstić information content (AvgIpc) is 2.16. The molecular formula is C12H18O. The molecule has 0 heterocycles. The van der Waals surface area contributed by atoms with E-state index < -0.39 is 0 Å². The Bertz CT molecular complexity index is 221. The van der Waals surface area contributed by atoms with Gasteiger partial charge in [-0.25, -0.2) is 0 Å². The van der Waals surface area contributed by atoms with Crippen molar-refractivity contribution in [3.05, 3.63) is 48.6 Å². The van der Waals surface area contributed by atoms with Gasteiger partial charge in [-0.3, -0.25) is 0 Å². The van der Waals surface area contributed by atoms with Gasteiger partial charge >= 0.3 is 0 Å². The van der Waals surface area contributed by atoms with Gasteiger partial charge in [0.2, 0.25) is 0 Å². The summed E-state index contributed by atoms with van der Waals surface area (Å²) in [6, 6.07) is 0. The van der Waals surface area contributed by atoms with Gasteiger partial charge in [0.15, 0.2) is 0 Å². The topological polar surface area (TPSA) is 20.2 Å². The molecule has 0 fully saturated rings. The van der Waals surface area contributed by atoms with Gasteiger partial charge in [0.05, 0.1) is 6.61 Å². The van der Waals surface area contributed by atoms with Gasteiger partial charge in [0.25, 0.3) is 0 Å². The Morgan fingerprint density at radius 2 is 2.15 bits per heavy atom. The standard InChI is InChI=1S/C12H18O/c1-4-7-12(5-2)9-6-8-11(3)10-13/h4,6,8-9,13H,1,3,5,7,10H2,2H3/b8-6-,12-9-. The molecule has 1 N–H and O–H groups in total. The van der Waals surface area contributed by atoms with E-state index in [9.17, 15) is 0 Å². The predicted octanol–water partition coefficient (Wildman–Crippen LogP) is 3.00. The van der Waals surface area contributed by atoms with Crippen LogP contribution in [0.25, 0.3) is 0 Å². The summed E-state index contributed by atoms with van der Waals surface area (Å²) in [6.45, 7) is 9.48. The summed E-state index contributed by atoms with van der Waals surface area (Å²) in [5, 5.41) is 8.67. The summed E-state index contributed by atoms with van der Waals surface area (Å²) in [4.78, 5) is 0. The lowest BCUT2D eigenvalue weighted by Gasteiger charge is -1.96. The molecule has 13 heavy (non-hydrogen) atoms. The zero-order valence-electron chi connectivity index (χ0n) is 8.29. The van der Waals surface area contributed by atoms with Gasteiger partial charge in [-0.05, 0) is 18.4 Å². The van der Waals surface area contributed by atoms with Crippen molar-refractivity contribution in [3.63, 3.8) is 0 Å². The molecule has 0 radical (unpaired) electrons. The third-order valence-corrected chi connectivity index (χ3v) is 1.73. The highest BCUT2D eigenvalue weighted by Crippen LogP contribution is 2.07. The fourth-order valence-corrected chi connectivity index (χ4v) is 0.889. The van der Waals surface area contributed by atoms with Gasteiger partial charge in [-0.1, -0.05) is 43.4 Å². The Morgan fingerprint density at radius 3 is 2.62 bits per heavy atom. The van der Waals surface area contributed by atoms with Crippen LogP contribution >= 0.6 is 0 Å². The number of hydrogen-bond acceptors (Lipinski definition) is 1. The smallest absolute Gasteiger partial charge is 0.0676 e. The first-order valence-electron chi connectivity index (χ1n) is 4.50. The van der Waals surface area contributed by atoms with Crippen molar-refractivity contribution < 1.29 is 5.11 Å². The Morgan fingerprint density at radius 1 is 1.46 bits per heavy atom. The van der Waals surface area contributed by atoms with Gasteiger partial charge < -0.3 is 5.11 Å². The van der Waals surface area contributed by atoms with E-state index in [0.29, 0.717) is 0 Å². The van der Waals surface area contributed by atoms with Crippen LogP contribution in [0.1, 0.15) is 19.8 Å². The molecule has 0 rings (SSSR count). The van der Waals surface area contributed by atoms with Crippen molar-refractivity contribution >= 4 is 0 Å². The highest BCUT2D eigenvalue weighted by atomic mass is 16.3. The molecule has 1 heteroatoms. The molecule has 0 aliphatic heterocycles. The third-order valence-electron chi connectivity index (χ3n) is 1.73. The molecule has 0 saturated carbocycles. The normalized spacial score (nSPS) is 12.0. The van der Waals surface area contributed by atoms with Crippen LogP contribution in [0.4, 0.5) is 0 Å². The van der Waals surface area contributed by atoms with Crippen molar-refractivity contribution in [1.82, 2.24) is 0 Å². The average molecular weight is 178 g/mol. The number of rotatable bonds is 6. The molecule has 0 aliphatic carbocycles. The lowest BCUT2D eigenvalue weighted by atomic mass is 10.1. The SMILES string of the molecule is C=CC/C(=C\C=C/C(=C)CO)CC. The van der Waals surface area contributed by atoms with E-state index in [-0.39, 0.29) is 6.61 Å². The van der Waals surface area contributed by atoms with Crippen molar-refractivity contribution in [2.45, 2.75) is 19.8 Å². The van der Waals surface area contributed by atoms with Crippen LogP contribution in [0.5, 0.6) is 0 Å². The summed E-state index contributed by atoms with van der Waals surface area (Å²) >= 11 is 0. The van der Waals surface area contributed by atoms with Gasteiger partial charge in [0.1, 0.15) is 0 Å². The molecular weight excluding hydrogens is 160 g/mol. The van der Waals surface area contributed by atoms with Crippen LogP contribution in [0.3, 0.4) is 0 Å². The van der Waals surface area contributed by atoms with E-state index in [0.717, 1.165) is 18.4 Å². The Hall–Kier alpha value is -1.08. The third kappa shape index (κ3) is 6.12. The van der Waals surface area contributed by atoms with E-state index in [1.165, 1.54) is 5.57 Å². The maximum Gasteiger partial charge on any atom is 0.0676 e.